The molecule has 140 valence electrons. The molecule has 0 saturated carbocycles. The van der Waals surface area contributed by atoms with Gasteiger partial charge in [-0.2, -0.15) is 14.6 Å². The Hall–Kier alpha value is -2.67. The highest BCUT2D eigenvalue weighted by atomic mass is 35.5. The van der Waals surface area contributed by atoms with Crippen LogP contribution in [0.2, 0.25) is 5.02 Å². The predicted molar refractivity (Wildman–Crippen MR) is 104 cm³/mol. The average molecular weight is 385 g/mol. The summed E-state index contributed by atoms with van der Waals surface area (Å²) >= 11 is 6.01. The van der Waals surface area contributed by atoms with Crippen LogP contribution in [0.25, 0.3) is 5.78 Å². The van der Waals surface area contributed by atoms with Crippen LogP contribution in [0, 0.1) is 0 Å². The smallest absolute Gasteiger partial charge is 0.254 e. The number of aryl methyl sites for hydroxylation is 1. The van der Waals surface area contributed by atoms with Gasteiger partial charge in [0.1, 0.15) is 12.1 Å². The second-order valence-corrected chi connectivity index (χ2v) is 7.04. The zero-order chi connectivity index (χ0) is 18.8. The Labute approximate surface area is 162 Å². The Bertz CT molecular complexity index is 964. The molecule has 0 spiro atoms. The van der Waals surface area contributed by atoms with Crippen molar-refractivity contribution in [1.82, 2.24) is 24.5 Å². The molecular formula is C19H21ClN6O. The third-order valence-corrected chi connectivity index (χ3v) is 5.08. The molecule has 0 bridgehead atoms. The minimum atomic E-state index is 0.131. The summed E-state index contributed by atoms with van der Waals surface area (Å²) in [4.78, 5) is 25.5. The van der Waals surface area contributed by atoms with Crippen molar-refractivity contribution in [3.63, 3.8) is 0 Å². The van der Waals surface area contributed by atoms with Gasteiger partial charge >= 0.3 is 0 Å². The van der Waals surface area contributed by atoms with E-state index >= 15 is 0 Å². The molecular weight excluding hydrogens is 364 g/mol. The van der Waals surface area contributed by atoms with Crippen LogP contribution in [0.3, 0.4) is 0 Å². The molecule has 2 aromatic heterocycles. The highest BCUT2D eigenvalue weighted by Crippen LogP contribution is 2.19. The van der Waals surface area contributed by atoms with Crippen LogP contribution in [0.4, 0.5) is 5.82 Å². The van der Waals surface area contributed by atoms with E-state index in [1.165, 1.54) is 6.33 Å². The summed E-state index contributed by atoms with van der Waals surface area (Å²) in [6.45, 7) is 4.94. The first-order valence-electron chi connectivity index (χ1n) is 9.11. The summed E-state index contributed by atoms with van der Waals surface area (Å²) in [6, 6.07) is 9.54. The Kier molecular flexibility index (Phi) is 4.94. The third-order valence-electron chi connectivity index (χ3n) is 4.85. The van der Waals surface area contributed by atoms with Crippen LogP contribution in [0.15, 0.2) is 36.7 Å². The monoisotopic (exact) mass is 384 g/mol. The van der Waals surface area contributed by atoms with Crippen molar-refractivity contribution < 1.29 is 4.79 Å². The van der Waals surface area contributed by atoms with Gasteiger partial charge in [-0.3, -0.25) is 4.79 Å². The van der Waals surface area contributed by atoms with E-state index in [1.807, 2.05) is 29.2 Å². The number of fused-ring (bicyclic) bond motifs is 1. The summed E-state index contributed by atoms with van der Waals surface area (Å²) in [6.07, 6.45) is 2.74. The minimum Gasteiger partial charge on any atom is -0.353 e. The molecule has 0 N–H and O–H groups in total. The molecule has 0 unspecified atom stereocenters. The number of carbonyl (C=O) groups excluding carboxylic acids is 1. The van der Waals surface area contributed by atoms with Crippen LogP contribution < -0.4 is 4.90 Å². The number of piperazine rings is 1. The van der Waals surface area contributed by atoms with Crippen molar-refractivity contribution >= 4 is 29.1 Å². The van der Waals surface area contributed by atoms with E-state index in [9.17, 15) is 4.79 Å². The lowest BCUT2D eigenvalue weighted by molar-refractivity contribution is -0.130. The lowest BCUT2D eigenvalue weighted by atomic mass is 10.1. The van der Waals surface area contributed by atoms with Crippen LogP contribution >= 0.6 is 11.6 Å². The maximum Gasteiger partial charge on any atom is 0.254 e. The third kappa shape index (κ3) is 3.73. The molecule has 27 heavy (non-hydrogen) atoms. The summed E-state index contributed by atoms with van der Waals surface area (Å²) in [7, 11) is 0. The van der Waals surface area contributed by atoms with Crippen molar-refractivity contribution in [2.45, 2.75) is 19.8 Å². The molecule has 1 amide bonds. The number of amides is 1. The van der Waals surface area contributed by atoms with Crippen LogP contribution in [-0.4, -0.2) is 56.6 Å². The van der Waals surface area contributed by atoms with Gasteiger partial charge in [-0.15, -0.1) is 0 Å². The molecule has 8 heteroatoms. The SMILES string of the molecule is CCc1cc(N2CCN(C(=O)Cc3cccc(Cl)c3)CC2)n2ncnc2n1. The molecule has 1 saturated heterocycles. The number of benzene rings is 1. The number of hydrogen-bond donors (Lipinski definition) is 0. The van der Waals surface area contributed by atoms with E-state index in [0.717, 1.165) is 36.6 Å². The Morgan fingerprint density at radius 3 is 2.74 bits per heavy atom. The highest BCUT2D eigenvalue weighted by Gasteiger charge is 2.23. The maximum absolute atomic E-state index is 12.6. The Balaban J connectivity index is 1.44. The first-order valence-corrected chi connectivity index (χ1v) is 9.48. The van der Waals surface area contributed by atoms with E-state index in [1.54, 1.807) is 4.52 Å². The molecule has 0 radical (unpaired) electrons. The number of anilines is 1. The molecule has 1 fully saturated rings. The van der Waals surface area contributed by atoms with Crippen LogP contribution in [-0.2, 0) is 17.6 Å². The molecule has 1 aliphatic rings. The van der Waals surface area contributed by atoms with E-state index < -0.39 is 0 Å². The zero-order valence-corrected chi connectivity index (χ0v) is 15.9. The molecule has 1 aliphatic heterocycles. The van der Waals surface area contributed by atoms with Gasteiger partial charge in [0.2, 0.25) is 5.91 Å². The van der Waals surface area contributed by atoms with Gasteiger partial charge in [-0.1, -0.05) is 30.7 Å². The quantitative estimate of drug-likeness (QED) is 0.690. The van der Waals surface area contributed by atoms with Gasteiger partial charge in [0.15, 0.2) is 0 Å². The summed E-state index contributed by atoms with van der Waals surface area (Å²) < 4.78 is 1.77. The number of rotatable bonds is 4. The van der Waals surface area contributed by atoms with E-state index in [4.69, 9.17) is 11.6 Å². The number of carbonyl (C=O) groups is 1. The Morgan fingerprint density at radius 2 is 2.00 bits per heavy atom. The first-order chi connectivity index (χ1) is 13.1. The van der Waals surface area contributed by atoms with Gasteiger partial charge < -0.3 is 9.80 Å². The number of nitrogens with zero attached hydrogens (tertiary/aromatic N) is 6. The summed E-state index contributed by atoms with van der Waals surface area (Å²) in [5.74, 6) is 1.73. The topological polar surface area (TPSA) is 66.6 Å². The Morgan fingerprint density at radius 1 is 1.19 bits per heavy atom. The summed E-state index contributed by atoms with van der Waals surface area (Å²) in [5, 5.41) is 4.95. The van der Waals surface area contributed by atoms with Gasteiger partial charge in [-0.25, -0.2) is 4.98 Å². The van der Waals surface area contributed by atoms with Crippen molar-refractivity contribution in [2.24, 2.45) is 0 Å². The normalized spacial score (nSPS) is 14.7. The van der Waals surface area contributed by atoms with Crippen LogP contribution in [0.1, 0.15) is 18.2 Å². The molecule has 1 aromatic carbocycles. The van der Waals surface area contributed by atoms with Crippen molar-refractivity contribution in [3.05, 3.63) is 52.9 Å². The molecule has 0 aliphatic carbocycles. The van der Waals surface area contributed by atoms with Crippen molar-refractivity contribution in [3.8, 4) is 0 Å². The lowest BCUT2D eigenvalue weighted by Crippen LogP contribution is -2.49. The molecule has 4 rings (SSSR count). The molecule has 7 nitrogen and oxygen atoms in total. The first kappa shape index (κ1) is 17.7. The highest BCUT2D eigenvalue weighted by molar-refractivity contribution is 6.30. The number of halogens is 1. The molecule has 0 atom stereocenters. The zero-order valence-electron chi connectivity index (χ0n) is 15.2. The van der Waals surface area contributed by atoms with Gasteiger partial charge in [0.05, 0.1) is 6.42 Å². The molecule has 3 aromatic rings. The fraction of sp³-hybridized carbons (Fsp3) is 0.368. The summed E-state index contributed by atoms with van der Waals surface area (Å²) in [5.41, 5.74) is 1.94. The average Bonchev–Trinajstić information content (AvgIpc) is 3.16. The van der Waals surface area contributed by atoms with E-state index in [0.29, 0.717) is 30.3 Å². The standard InChI is InChI=1S/C19H21ClN6O/c1-2-16-12-17(26-19(23-16)21-13-22-26)24-6-8-25(9-7-24)18(27)11-14-4-3-5-15(20)10-14/h3-5,10,12-13H,2,6-9,11H2,1H3. The van der Waals surface area contributed by atoms with Gasteiger partial charge in [0.25, 0.3) is 5.78 Å². The lowest BCUT2D eigenvalue weighted by Gasteiger charge is -2.36. The van der Waals surface area contributed by atoms with Gasteiger partial charge in [0, 0.05) is 43.0 Å². The number of aromatic nitrogens is 4. The fourth-order valence-corrected chi connectivity index (χ4v) is 3.58. The van der Waals surface area contributed by atoms with Crippen molar-refractivity contribution in [1.29, 1.82) is 0 Å². The maximum atomic E-state index is 12.6. The fourth-order valence-electron chi connectivity index (χ4n) is 3.37. The van der Waals surface area contributed by atoms with Crippen molar-refractivity contribution in [2.75, 3.05) is 31.1 Å². The van der Waals surface area contributed by atoms with Crippen LogP contribution in [0.5, 0.6) is 0 Å². The van der Waals surface area contributed by atoms with E-state index in [-0.39, 0.29) is 5.91 Å². The van der Waals surface area contributed by atoms with Gasteiger partial charge in [-0.05, 0) is 24.1 Å². The minimum absolute atomic E-state index is 0.131. The second kappa shape index (κ2) is 7.52. The molecule has 3 heterocycles. The predicted octanol–water partition coefficient (Wildman–Crippen LogP) is 2.23. The largest absolute Gasteiger partial charge is 0.353 e. The number of hydrogen-bond acceptors (Lipinski definition) is 5. The van der Waals surface area contributed by atoms with E-state index in [2.05, 4.69) is 33.0 Å². The second-order valence-electron chi connectivity index (χ2n) is 6.61.